The van der Waals surface area contributed by atoms with Gasteiger partial charge in [0.1, 0.15) is 0 Å². The van der Waals surface area contributed by atoms with E-state index in [0.29, 0.717) is 16.6 Å². The van der Waals surface area contributed by atoms with Crippen LogP contribution in [0.4, 0.5) is 0 Å². The molecule has 0 aliphatic heterocycles. The van der Waals surface area contributed by atoms with E-state index in [9.17, 15) is 9.90 Å². The molecule has 0 aromatic rings. The average molecular weight is 258 g/mol. The number of carboxylic acid groups (broad SMARTS) is 1. The third-order valence-electron chi connectivity index (χ3n) is 4.51. The Morgan fingerprint density at radius 1 is 1.35 bits per heavy atom. The van der Waals surface area contributed by atoms with Crippen LogP contribution in [-0.2, 0) is 4.79 Å². The summed E-state index contributed by atoms with van der Waals surface area (Å²) in [4.78, 5) is 11.3. The molecule has 3 atom stereocenters. The van der Waals surface area contributed by atoms with Crippen molar-refractivity contribution >= 4 is 17.7 Å². The minimum atomic E-state index is -0.594. The Hall–Kier alpha value is -0.180. The van der Waals surface area contributed by atoms with E-state index in [4.69, 9.17) is 0 Å². The molecule has 1 saturated carbocycles. The molecule has 0 bridgehead atoms. The molecular weight excluding hydrogens is 232 g/mol. The Bertz CT molecular complexity index is 263. The molecule has 3 unspecified atom stereocenters. The standard InChI is InChI=1S/C14H26O2S/c1-5-14(3,4)10-7-8-11(13(15)16)12(9-10)17-6-2/h10-12H,5-9H2,1-4H3,(H,15,16). The molecule has 100 valence electrons. The highest BCUT2D eigenvalue weighted by Gasteiger charge is 2.39. The molecule has 1 aliphatic carbocycles. The lowest BCUT2D eigenvalue weighted by Crippen LogP contribution is -2.38. The Labute approximate surface area is 110 Å². The smallest absolute Gasteiger partial charge is 0.307 e. The highest BCUT2D eigenvalue weighted by atomic mass is 32.2. The Kier molecular flexibility index (Phi) is 5.36. The number of aliphatic carboxylic acids is 1. The van der Waals surface area contributed by atoms with Crippen molar-refractivity contribution in [1.82, 2.24) is 0 Å². The van der Waals surface area contributed by atoms with Crippen molar-refractivity contribution in [2.75, 3.05) is 5.75 Å². The molecule has 1 fully saturated rings. The van der Waals surface area contributed by atoms with Gasteiger partial charge in [-0.1, -0.05) is 34.1 Å². The molecule has 0 aromatic heterocycles. The van der Waals surface area contributed by atoms with Gasteiger partial charge in [-0.2, -0.15) is 11.8 Å². The first-order valence-corrected chi connectivity index (χ1v) is 7.81. The molecule has 0 amide bonds. The van der Waals surface area contributed by atoms with Crippen LogP contribution in [0.25, 0.3) is 0 Å². The fraction of sp³-hybridized carbons (Fsp3) is 0.929. The average Bonchev–Trinajstić information content (AvgIpc) is 2.29. The third-order valence-corrected chi connectivity index (χ3v) is 5.79. The molecule has 0 spiro atoms. The van der Waals surface area contributed by atoms with E-state index < -0.39 is 5.97 Å². The normalized spacial score (nSPS) is 30.2. The summed E-state index contributed by atoms with van der Waals surface area (Å²) in [7, 11) is 0. The van der Waals surface area contributed by atoms with Gasteiger partial charge < -0.3 is 5.11 Å². The Morgan fingerprint density at radius 3 is 2.47 bits per heavy atom. The molecule has 0 saturated heterocycles. The minimum absolute atomic E-state index is 0.121. The number of carbonyl (C=O) groups is 1. The van der Waals surface area contributed by atoms with Gasteiger partial charge in [0.05, 0.1) is 5.92 Å². The van der Waals surface area contributed by atoms with Gasteiger partial charge in [0, 0.05) is 5.25 Å². The summed E-state index contributed by atoms with van der Waals surface area (Å²) in [6.07, 6.45) is 4.20. The molecule has 17 heavy (non-hydrogen) atoms. The van der Waals surface area contributed by atoms with E-state index >= 15 is 0 Å². The molecule has 0 radical (unpaired) electrons. The zero-order valence-corrected chi connectivity index (χ0v) is 12.3. The van der Waals surface area contributed by atoms with Crippen LogP contribution < -0.4 is 0 Å². The van der Waals surface area contributed by atoms with E-state index in [1.807, 2.05) is 11.8 Å². The topological polar surface area (TPSA) is 37.3 Å². The van der Waals surface area contributed by atoms with Gasteiger partial charge in [-0.15, -0.1) is 0 Å². The van der Waals surface area contributed by atoms with Gasteiger partial charge in [0.15, 0.2) is 0 Å². The van der Waals surface area contributed by atoms with Crippen molar-refractivity contribution in [2.45, 2.75) is 58.6 Å². The molecule has 3 heteroatoms. The monoisotopic (exact) mass is 258 g/mol. The first kappa shape index (κ1) is 14.9. The van der Waals surface area contributed by atoms with E-state index in [2.05, 4.69) is 27.7 Å². The van der Waals surface area contributed by atoms with Crippen molar-refractivity contribution in [3.63, 3.8) is 0 Å². The zero-order valence-electron chi connectivity index (χ0n) is 11.5. The van der Waals surface area contributed by atoms with Crippen LogP contribution in [0.5, 0.6) is 0 Å². The van der Waals surface area contributed by atoms with Crippen LogP contribution in [0, 0.1) is 17.3 Å². The molecule has 2 nitrogen and oxygen atoms in total. The van der Waals surface area contributed by atoms with Gasteiger partial charge in [-0.3, -0.25) is 4.79 Å². The summed E-state index contributed by atoms with van der Waals surface area (Å²) in [5.41, 5.74) is 0.357. The second-order valence-electron chi connectivity index (χ2n) is 5.79. The summed E-state index contributed by atoms with van der Waals surface area (Å²) in [6, 6.07) is 0. The fourth-order valence-corrected chi connectivity index (χ4v) is 4.09. The van der Waals surface area contributed by atoms with Crippen LogP contribution in [0.15, 0.2) is 0 Å². The van der Waals surface area contributed by atoms with Gasteiger partial charge in [-0.25, -0.2) is 0 Å². The van der Waals surface area contributed by atoms with Crippen LogP contribution in [0.2, 0.25) is 0 Å². The summed E-state index contributed by atoms with van der Waals surface area (Å²) in [5.74, 6) is 0.994. The number of thioether (sulfide) groups is 1. The molecule has 1 rings (SSSR count). The number of hydrogen-bond donors (Lipinski definition) is 1. The van der Waals surface area contributed by atoms with Crippen molar-refractivity contribution in [3.8, 4) is 0 Å². The first-order chi connectivity index (χ1) is 7.92. The quantitative estimate of drug-likeness (QED) is 0.808. The predicted octanol–water partition coefficient (Wildman–Crippen LogP) is 4.05. The first-order valence-electron chi connectivity index (χ1n) is 6.76. The van der Waals surface area contributed by atoms with Gasteiger partial charge in [0.25, 0.3) is 0 Å². The molecule has 0 aromatic carbocycles. The summed E-state index contributed by atoms with van der Waals surface area (Å²) in [5, 5.41) is 9.59. The maximum atomic E-state index is 11.3. The summed E-state index contributed by atoms with van der Waals surface area (Å²) in [6.45, 7) is 9.02. The van der Waals surface area contributed by atoms with Gasteiger partial charge in [0.2, 0.25) is 0 Å². The highest BCUT2D eigenvalue weighted by molar-refractivity contribution is 7.99. The number of rotatable bonds is 5. The lowest BCUT2D eigenvalue weighted by molar-refractivity contribution is -0.143. The van der Waals surface area contributed by atoms with Crippen molar-refractivity contribution in [1.29, 1.82) is 0 Å². The molecule has 1 N–H and O–H groups in total. The van der Waals surface area contributed by atoms with Crippen molar-refractivity contribution in [2.24, 2.45) is 17.3 Å². The maximum absolute atomic E-state index is 11.3. The second kappa shape index (κ2) is 6.12. The van der Waals surface area contributed by atoms with E-state index in [0.717, 1.165) is 25.0 Å². The Morgan fingerprint density at radius 2 is 2.00 bits per heavy atom. The predicted molar refractivity (Wildman–Crippen MR) is 74.5 cm³/mol. The lowest BCUT2D eigenvalue weighted by atomic mass is 9.67. The van der Waals surface area contributed by atoms with E-state index in [1.54, 1.807) is 0 Å². The fourth-order valence-electron chi connectivity index (χ4n) is 2.81. The molecule has 1 aliphatic rings. The minimum Gasteiger partial charge on any atom is -0.481 e. The van der Waals surface area contributed by atoms with E-state index in [-0.39, 0.29) is 5.92 Å². The lowest BCUT2D eigenvalue weighted by Gasteiger charge is -2.41. The van der Waals surface area contributed by atoms with E-state index in [1.165, 1.54) is 6.42 Å². The number of hydrogen-bond acceptors (Lipinski definition) is 2. The second-order valence-corrected chi connectivity index (χ2v) is 7.31. The number of carboxylic acids is 1. The SMILES string of the molecule is CCSC1CC(C(C)(C)CC)CCC1C(=O)O. The molecular formula is C14H26O2S. The summed E-state index contributed by atoms with van der Waals surface area (Å²) < 4.78 is 0. The largest absolute Gasteiger partial charge is 0.481 e. The van der Waals surface area contributed by atoms with Crippen LogP contribution >= 0.6 is 11.8 Å². The maximum Gasteiger partial charge on any atom is 0.307 e. The van der Waals surface area contributed by atoms with Crippen LogP contribution in [0.3, 0.4) is 0 Å². The zero-order chi connectivity index (χ0) is 13.1. The molecule has 0 heterocycles. The Balaban J connectivity index is 2.71. The van der Waals surface area contributed by atoms with Crippen molar-refractivity contribution in [3.05, 3.63) is 0 Å². The van der Waals surface area contributed by atoms with Crippen LogP contribution in [-0.4, -0.2) is 22.1 Å². The van der Waals surface area contributed by atoms with Crippen LogP contribution in [0.1, 0.15) is 53.4 Å². The summed E-state index contributed by atoms with van der Waals surface area (Å²) >= 11 is 1.84. The van der Waals surface area contributed by atoms with Gasteiger partial charge >= 0.3 is 5.97 Å². The van der Waals surface area contributed by atoms with Gasteiger partial charge in [-0.05, 0) is 36.3 Å². The highest BCUT2D eigenvalue weighted by Crippen LogP contribution is 2.45. The van der Waals surface area contributed by atoms with Crippen molar-refractivity contribution < 1.29 is 9.90 Å². The third kappa shape index (κ3) is 3.64.